The maximum absolute atomic E-state index is 12.1. The number of carboxylic acids is 1. The van der Waals surface area contributed by atoms with Crippen molar-refractivity contribution in [1.29, 1.82) is 0 Å². The van der Waals surface area contributed by atoms with Crippen LogP contribution >= 0.6 is 0 Å². The molecule has 0 saturated carbocycles. The van der Waals surface area contributed by atoms with E-state index in [0.29, 0.717) is 16.8 Å². The number of carboxylic acid groups (broad SMARTS) is 1. The van der Waals surface area contributed by atoms with Crippen molar-refractivity contribution in [2.24, 2.45) is 5.41 Å². The van der Waals surface area contributed by atoms with Crippen molar-refractivity contribution in [1.82, 2.24) is 5.32 Å². The number of carbonyl (C=O) groups excluding carboxylic acids is 1. The molecule has 0 unspecified atom stereocenters. The molecule has 0 heterocycles. The normalized spacial score (nSPS) is 12.8. The number of hydrogen-bond acceptors (Lipinski definition) is 3. The average Bonchev–Trinajstić information content (AvgIpc) is 2.27. The molecule has 104 valence electrons. The molecule has 0 radical (unpaired) electrons. The molecule has 0 spiro atoms. The van der Waals surface area contributed by atoms with Gasteiger partial charge in [-0.1, -0.05) is 26.8 Å². The second kappa shape index (κ2) is 5.30. The first kappa shape index (κ1) is 15.0. The highest BCUT2D eigenvalue weighted by Gasteiger charge is 2.33. The quantitative estimate of drug-likeness (QED) is 0.726. The van der Waals surface area contributed by atoms with Crippen molar-refractivity contribution in [3.63, 3.8) is 0 Å². The van der Waals surface area contributed by atoms with E-state index in [1.54, 1.807) is 45.9 Å². The van der Waals surface area contributed by atoms with Crippen molar-refractivity contribution in [3.8, 4) is 0 Å². The van der Waals surface area contributed by atoms with E-state index in [-0.39, 0.29) is 0 Å². The van der Waals surface area contributed by atoms with Gasteiger partial charge in [0.2, 0.25) is 0 Å². The number of nitrogens with one attached hydrogen (secondary N) is 1. The van der Waals surface area contributed by atoms with Gasteiger partial charge >= 0.3 is 5.97 Å². The predicted octanol–water partition coefficient (Wildman–Crippen LogP) is 1.81. The van der Waals surface area contributed by atoms with Crippen LogP contribution in [0.3, 0.4) is 0 Å². The molecular formula is C14H20N2O3. The van der Waals surface area contributed by atoms with Gasteiger partial charge in [0.15, 0.2) is 0 Å². The Hall–Kier alpha value is -2.04. The van der Waals surface area contributed by atoms with E-state index in [1.165, 1.54) is 0 Å². The largest absolute Gasteiger partial charge is 0.480 e. The SMILES string of the molecule is Cc1c(N)cccc1C(=O)N[C@H](C(=O)O)C(C)(C)C. The summed E-state index contributed by atoms with van der Waals surface area (Å²) in [7, 11) is 0. The van der Waals surface area contributed by atoms with Gasteiger partial charge in [-0.3, -0.25) is 4.79 Å². The molecule has 1 rings (SSSR count). The number of nitrogen functional groups attached to an aromatic ring is 1. The van der Waals surface area contributed by atoms with Crippen LogP contribution < -0.4 is 11.1 Å². The molecule has 0 aliphatic heterocycles. The molecule has 0 aliphatic carbocycles. The first-order chi connectivity index (χ1) is 8.64. The van der Waals surface area contributed by atoms with Crippen LogP contribution in [-0.4, -0.2) is 23.0 Å². The second-order valence-corrected chi connectivity index (χ2v) is 5.63. The van der Waals surface area contributed by atoms with Gasteiger partial charge in [-0.25, -0.2) is 4.79 Å². The fourth-order valence-corrected chi connectivity index (χ4v) is 1.76. The van der Waals surface area contributed by atoms with E-state index >= 15 is 0 Å². The Bertz CT molecular complexity index is 504. The third-order valence-electron chi connectivity index (χ3n) is 3.01. The number of nitrogens with two attached hydrogens (primary N) is 1. The van der Waals surface area contributed by atoms with Crippen molar-refractivity contribution < 1.29 is 14.7 Å². The second-order valence-electron chi connectivity index (χ2n) is 5.63. The Morgan fingerprint density at radius 1 is 1.32 bits per heavy atom. The molecule has 1 amide bonds. The minimum Gasteiger partial charge on any atom is -0.480 e. The molecule has 0 aromatic heterocycles. The summed E-state index contributed by atoms with van der Waals surface area (Å²) in [5.74, 6) is -1.48. The lowest BCUT2D eigenvalue weighted by molar-refractivity contribution is -0.142. The maximum Gasteiger partial charge on any atom is 0.326 e. The smallest absolute Gasteiger partial charge is 0.326 e. The molecule has 1 atom stereocenters. The topological polar surface area (TPSA) is 92.4 Å². The third kappa shape index (κ3) is 3.47. The Morgan fingerprint density at radius 2 is 1.89 bits per heavy atom. The van der Waals surface area contributed by atoms with Crippen LogP contribution in [0.2, 0.25) is 0 Å². The highest BCUT2D eigenvalue weighted by Crippen LogP contribution is 2.21. The molecule has 1 aromatic carbocycles. The Balaban J connectivity index is 3.02. The molecule has 0 fully saturated rings. The number of rotatable bonds is 3. The van der Waals surface area contributed by atoms with E-state index in [1.807, 2.05) is 0 Å². The van der Waals surface area contributed by atoms with Crippen LogP contribution in [0.25, 0.3) is 0 Å². The van der Waals surface area contributed by atoms with Crippen LogP contribution in [0.1, 0.15) is 36.7 Å². The highest BCUT2D eigenvalue weighted by atomic mass is 16.4. The number of anilines is 1. The number of aliphatic carboxylic acids is 1. The summed E-state index contributed by atoms with van der Waals surface area (Å²) in [6.07, 6.45) is 0. The van der Waals surface area contributed by atoms with Crippen LogP contribution in [0.5, 0.6) is 0 Å². The lowest BCUT2D eigenvalue weighted by atomic mass is 9.86. The summed E-state index contributed by atoms with van der Waals surface area (Å²) >= 11 is 0. The Labute approximate surface area is 112 Å². The van der Waals surface area contributed by atoms with Gasteiger partial charge in [0.25, 0.3) is 5.91 Å². The van der Waals surface area contributed by atoms with E-state index in [0.717, 1.165) is 0 Å². The summed E-state index contributed by atoms with van der Waals surface area (Å²) < 4.78 is 0. The van der Waals surface area contributed by atoms with Gasteiger partial charge in [0.05, 0.1) is 0 Å². The lowest BCUT2D eigenvalue weighted by Gasteiger charge is -2.28. The third-order valence-corrected chi connectivity index (χ3v) is 3.01. The van der Waals surface area contributed by atoms with Gasteiger partial charge in [0.1, 0.15) is 6.04 Å². The van der Waals surface area contributed by atoms with Crippen LogP contribution in [0.15, 0.2) is 18.2 Å². The zero-order valence-corrected chi connectivity index (χ0v) is 11.7. The van der Waals surface area contributed by atoms with Crippen LogP contribution in [0.4, 0.5) is 5.69 Å². The first-order valence-electron chi connectivity index (χ1n) is 6.03. The number of hydrogen-bond donors (Lipinski definition) is 3. The van der Waals surface area contributed by atoms with Gasteiger partial charge < -0.3 is 16.2 Å². The molecule has 0 saturated heterocycles. The van der Waals surface area contributed by atoms with Gasteiger partial charge in [-0.15, -0.1) is 0 Å². The minimum atomic E-state index is -1.05. The first-order valence-corrected chi connectivity index (χ1v) is 6.03. The van der Waals surface area contributed by atoms with Gasteiger partial charge in [0, 0.05) is 11.3 Å². The fraction of sp³-hybridized carbons (Fsp3) is 0.429. The Morgan fingerprint density at radius 3 is 2.37 bits per heavy atom. The Kier molecular flexibility index (Phi) is 4.19. The molecule has 0 bridgehead atoms. The number of carbonyl (C=O) groups is 2. The average molecular weight is 264 g/mol. The summed E-state index contributed by atoms with van der Waals surface area (Å²) in [5, 5.41) is 11.7. The molecule has 4 N–H and O–H groups in total. The standard InChI is InChI=1S/C14H20N2O3/c1-8-9(6-5-7-10(8)15)12(17)16-11(13(18)19)14(2,3)4/h5-7,11H,15H2,1-4H3,(H,16,17)(H,18,19)/t11-/m1/s1. The zero-order chi connectivity index (χ0) is 14.8. The van der Waals surface area contributed by atoms with E-state index < -0.39 is 23.3 Å². The highest BCUT2D eigenvalue weighted by molar-refractivity contribution is 5.99. The van der Waals surface area contributed by atoms with Crippen LogP contribution in [-0.2, 0) is 4.79 Å². The molecule has 5 heteroatoms. The van der Waals surface area contributed by atoms with Crippen LogP contribution in [0, 0.1) is 12.3 Å². The summed E-state index contributed by atoms with van der Waals surface area (Å²) in [6.45, 7) is 7.02. The van der Waals surface area contributed by atoms with Crippen molar-refractivity contribution in [2.45, 2.75) is 33.7 Å². The summed E-state index contributed by atoms with van der Waals surface area (Å²) in [5.41, 5.74) is 6.72. The van der Waals surface area contributed by atoms with Crippen molar-refractivity contribution in [2.75, 3.05) is 5.73 Å². The number of amides is 1. The maximum atomic E-state index is 12.1. The van der Waals surface area contributed by atoms with Gasteiger partial charge in [-0.05, 0) is 30.0 Å². The molecule has 5 nitrogen and oxygen atoms in total. The zero-order valence-electron chi connectivity index (χ0n) is 11.7. The molecule has 1 aromatic rings. The molecule has 19 heavy (non-hydrogen) atoms. The summed E-state index contributed by atoms with van der Waals surface area (Å²) in [4.78, 5) is 23.4. The van der Waals surface area contributed by atoms with Gasteiger partial charge in [-0.2, -0.15) is 0 Å². The monoisotopic (exact) mass is 264 g/mol. The lowest BCUT2D eigenvalue weighted by Crippen LogP contribution is -2.49. The van der Waals surface area contributed by atoms with E-state index in [2.05, 4.69) is 5.32 Å². The molecular weight excluding hydrogens is 244 g/mol. The minimum absolute atomic E-state index is 0.399. The number of benzene rings is 1. The predicted molar refractivity (Wildman–Crippen MR) is 73.9 cm³/mol. The van der Waals surface area contributed by atoms with Crippen molar-refractivity contribution >= 4 is 17.6 Å². The van der Waals surface area contributed by atoms with E-state index in [9.17, 15) is 14.7 Å². The summed E-state index contributed by atoms with van der Waals surface area (Å²) in [6, 6.07) is 4.04. The van der Waals surface area contributed by atoms with Crippen molar-refractivity contribution in [3.05, 3.63) is 29.3 Å². The van der Waals surface area contributed by atoms with E-state index in [4.69, 9.17) is 5.73 Å². The fourth-order valence-electron chi connectivity index (χ4n) is 1.76. The molecule has 0 aliphatic rings.